The summed E-state index contributed by atoms with van der Waals surface area (Å²) in [6, 6.07) is 16.0. The van der Waals surface area contributed by atoms with Gasteiger partial charge in [-0.25, -0.2) is 4.79 Å². The molecular formula is C25H29ClN2O2. The van der Waals surface area contributed by atoms with Crippen LogP contribution in [0.4, 0.5) is 0 Å². The van der Waals surface area contributed by atoms with E-state index in [0.717, 1.165) is 28.5 Å². The molecule has 158 valence electrons. The van der Waals surface area contributed by atoms with Crippen molar-refractivity contribution < 1.29 is 9.90 Å². The highest BCUT2D eigenvalue weighted by atomic mass is 35.5. The minimum Gasteiger partial charge on any atom is -0.477 e. The van der Waals surface area contributed by atoms with Crippen LogP contribution in [0.25, 0.3) is 10.9 Å². The average Bonchev–Trinajstić information content (AvgIpc) is 3.03. The summed E-state index contributed by atoms with van der Waals surface area (Å²) in [6.07, 6.45) is 3.65. The summed E-state index contributed by atoms with van der Waals surface area (Å²) >= 11 is 6.16. The summed E-state index contributed by atoms with van der Waals surface area (Å²) in [5.74, 6) is 0.390. The van der Waals surface area contributed by atoms with Gasteiger partial charge in [-0.05, 0) is 42.0 Å². The molecule has 1 saturated carbocycles. The summed E-state index contributed by atoms with van der Waals surface area (Å²) in [5.41, 5.74) is 3.16. The van der Waals surface area contributed by atoms with Crippen LogP contribution in [0.15, 0.2) is 48.5 Å². The lowest BCUT2D eigenvalue weighted by atomic mass is 9.78. The molecular weight excluding hydrogens is 396 g/mol. The van der Waals surface area contributed by atoms with E-state index < -0.39 is 5.97 Å². The Hall–Kier alpha value is -2.30. The number of carbonyl (C=O) groups is 1. The Morgan fingerprint density at radius 1 is 1.17 bits per heavy atom. The van der Waals surface area contributed by atoms with Gasteiger partial charge in [0.05, 0.1) is 0 Å². The average molecular weight is 425 g/mol. The third-order valence-corrected chi connectivity index (χ3v) is 6.99. The van der Waals surface area contributed by atoms with Crippen LogP contribution >= 0.6 is 11.6 Å². The lowest BCUT2D eigenvalue weighted by Gasteiger charge is -2.34. The summed E-state index contributed by atoms with van der Waals surface area (Å²) in [7, 11) is 0. The second-order valence-corrected chi connectivity index (χ2v) is 9.06. The molecule has 1 heterocycles. The maximum atomic E-state index is 12.4. The zero-order chi connectivity index (χ0) is 21.3. The lowest BCUT2D eigenvalue weighted by Crippen LogP contribution is -2.40. The topological polar surface area (TPSA) is 54.3 Å². The van der Waals surface area contributed by atoms with Crippen LogP contribution < -0.4 is 5.32 Å². The fraction of sp³-hybridized carbons (Fsp3) is 0.400. The van der Waals surface area contributed by atoms with Crippen LogP contribution in [0.3, 0.4) is 0 Å². The van der Waals surface area contributed by atoms with E-state index in [9.17, 15) is 9.90 Å². The number of halogens is 1. The molecule has 0 bridgehead atoms. The van der Waals surface area contributed by atoms with Crippen molar-refractivity contribution in [3.63, 3.8) is 0 Å². The number of carboxylic acids is 1. The monoisotopic (exact) mass is 424 g/mol. The van der Waals surface area contributed by atoms with Crippen molar-refractivity contribution in [3.8, 4) is 0 Å². The predicted molar refractivity (Wildman–Crippen MR) is 122 cm³/mol. The van der Waals surface area contributed by atoms with E-state index in [0.29, 0.717) is 41.7 Å². The summed E-state index contributed by atoms with van der Waals surface area (Å²) in [6.45, 7) is 5.66. The highest BCUT2D eigenvalue weighted by molar-refractivity contribution is 6.30. The second kappa shape index (κ2) is 8.83. The number of nitrogens with zero attached hydrogens (tertiary/aromatic N) is 1. The van der Waals surface area contributed by atoms with Crippen molar-refractivity contribution in [2.24, 2.45) is 11.8 Å². The van der Waals surface area contributed by atoms with E-state index in [1.165, 1.54) is 12.8 Å². The van der Waals surface area contributed by atoms with E-state index >= 15 is 0 Å². The summed E-state index contributed by atoms with van der Waals surface area (Å²) in [4.78, 5) is 12.4. The van der Waals surface area contributed by atoms with Gasteiger partial charge in [0.25, 0.3) is 0 Å². The van der Waals surface area contributed by atoms with E-state index in [1.54, 1.807) is 0 Å². The largest absolute Gasteiger partial charge is 0.477 e. The van der Waals surface area contributed by atoms with Crippen molar-refractivity contribution in [1.82, 2.24) is 9.88 Å². The maximum Gasteiger partial charge on any atom is 0.352 e. The van der Waals surface area contributed by atoms with Gasteiger partial charge in [0.2, 0.25) is 0 Å². The number of para-hydroxylation sites is 1. The smallest absolute Gasteiger partial charge is 0.352 e. The molecule has 1 aliphatic carbocycles. The Morgan fingerprint density at radius 3 is 2.73 bits per heavy atom. The molecule has 1 aromatic heterocycles. The Morgan fingerprint density at radius 2 is 1.97 bits per heavy atom. The van der Waals surface area contributed by atoms with Gasteiger partial charge < -0.3 is 15.0 Å². The molecule has 4 rings (SSSR count). The first kappa shape index (κ1) is 21.0. The minimum absolute atomic E-state index is 0.361. The first-order chi connectivity index (χ1) is 14.5. The normalized spacial score (nSPS) is 21.8. The molecule has 5 heteroatoms. The molecule has 30 heavy (non-hydrogen) atoms. The first-order valence-electron chi connectivity index (χ1n) is 10.8. The van der Waals surface area contributed by atoms with Gasteiger partial charge in [-0.15, -0.1) is 0 Å². The number of carboxylic acid groups (broad SMARTS) is 1. The number of hydrogen-bond donors (Lipinski definition) is 2. The highest BCUT2D eigenvalue weighted by Crippen LogP contribution is 2.32. The van der Waals surface area contributed by atoms with Gasteiger partial charge >= 0.3 is 5.97 Å². The van der Waals surface area contributed by atoms with Crippen LogP contribution in [-0.2, 0) is 13.1 Å². The SMILES string of the molecule is C[C@@H]1[C@H](C)CCC[C@@H]1NCc1c(C(=O)O)n(Cc2cccc(Cl)c2)c2ccccc12. The van der Waals surface area contributed by atoms with E-state index in [-0.39, 0.29) is 0 Å². The Bertz CT molecular complexity index is 1060. The van der Waals surface area contributed by atoms with Crippen LogP contribution in [0.2, 0.25) is 5.02 Å². The lowest BCUT2D eigenvalue weighted by molar-refractivity contribution is 0.0684. The van der Waals surface area contributed by atoms with Gasteiger partial charge in [-0.1, -0.05) is 68.6 Å². The number of nitrogens with one attached hydrogen (secondary N) is 1. The van der Waals surface area contributed by atoms with Gasteiger partial charge in [-0.2, -0.15) is 0 Å². The molecule has 4 nitrogen and oxygen atoms in total. The van der Waals surface area contributed by atoms with Gasteiger partial charge in [0, 0.05) is 40.6 Å². The van der Waals surface area contributed by atoms with Crippen molar-refractivity contribution in [3.05, 3.63) is 70.4 Å². The number of hydrogen-bond acceptors (Lipinski definition) is 2. The highest BCUT2D eigenvalue weighted by Gasteiger charge is 2.28. The number of aromatic nitrogens is 1. The zero-order valence-corrected chi connectivity index (χ0v) is 18.3. The van der Waals surface area contributed by atoms with Gasteiger partial charge in [0.15, 0.2) is 0 Å². The van der Waals surface area contributed by atoms with E-state index in [4.69, 9.17) is 11.6 Å². The standard InChI is InChI=1S/C25H29ClN2O2/c1-16-7-5-11-22(17(16)2)27-14-21-20-10-3-4-12-23(20)28(24(21)25(29)30)15-18-8-6-9-19(26)13-18/h3-4,6,8-10,12-13,16-17,22,27H,5,7,11,14-15H2,1-2H3,(H,29,30)/t16-,17-,22+/m1/s1. The van der Waals surface area contributed by atoms with Gasteiger partial charge in [-0.3, -0.25) is 0 Å². The Labute approximate surface area is 182 Å². The van der Waals surface area contributed by atoms with Crippen LogP contribution in [0.1, 0.15) is 54.7 Å². The summed E-state index contributed by atoms with van der Waals surface area (Å²) in [5, 5.41) is 15.5. The fourth-order valence-electron chi connectivity index (χ4n) is 4.88. The molecule has 0 unspecified atom stereocenters. The van der Waals surface area contributed by atoms with Crippen molar-refractivity contribution in [1.29, 1.82) is 0 Å². The molecule has 0 saturated heterocycles. The first-order valence-corrected chi connectivity index (χ1v) is 11.1. The molecule has 0 radical (unpaired) electrons. The zero-order valence-electron chi connectivity index (χ0n) is 17.6. The summed E-state index contributed by atoms with van der Waals surface area (Å²) < 4.78 is 1.91. The molecule has 3 aromatic rings. The maximum absolute atomic E-state index is 12.4. The molecule has 2 N–H and O–H groups in total. The molecule has 3 atom stereocenters. The van der Waals surface area contributed by atoms with Crippen LogP contribution in [0.5, 0.6) is 0 Å². The van der Waals surface area contributed by atoms with E-state index in [2.05, 4.69) is 19.2 Å². The third-order valence-electron chi connectivity index (χ3n) is 6.76. The van der Waals surface area contributed by atoms with Gasteiger partial charge in [0.1, 0.15) is 5.69 Å². The van der Waals surface area contributed by atoms with Crippen LogP contribution in [0, 0.1) is 11.8 Å². The Balaban J connectivity index is 1.72. The quantitative estimate of drug-likeness (QED) is 0.513. The van der Waals surface area contributed by atoms with Crippen molar-refractivity contribution >= 4 is 28.5 Å². The fourth-order valence-corrected chi connectivity index (χ4v) is 5.10. The third kappa shape index (κ3) is 4.12. The minimum atomic E-state index is -0.893. The number of aromatic carboxylic acids is 1. The molecule has 0 amide bonds. The second-order valence-electron chi connectivity index (χ2n) is 8.62. The molecule has 0 aliphatic heterocycles. The van der Waals surface area contributed by atoms with E-state index in [1.807, 2.05) is 53.1 Å². The molecule has 1 fully saturated rings. The van der Waals surface area contributed by atoms with Crippen molar-refractivity contribution in [2.45, 2.75) is 52.2 Å². The number of fused-ring (bicyclic) bond motifs is 1. The van der Waals surface area contributed by atoms with Crippen LogP contribution in [-0.4, -0.2) is 21.7 Å². The molecule has 2 aromatic carbocycles. The van der Waals surface area contributed by atoms with Crippen molar-refractivity contribution in [2.75, 3.05) is 0 Å². The molecule has 0 spiro atoms. The predicted octanol–water partition coefficient (Wildman–Crippen LogP) is 5.96. The molecule has 1 aliphatic rings. The number of benzene rings is 2. The number of rotatable bonds is 6. The Kier molecular flexibility index (Phi) is 6.16.